The number of carboxylic acids is 1. The Bertz CT molecular complexity index is 438. The Morgan fingerprint density at radius 2 is 2.32 bits per heavy atom. The van der Waals surface area contributed by atoms with E-state index in [9.17, 15) is 19.8 Å². The van der Waals surface area contributed by atoms with Crippen LogP contribution in [0.25, 0.3) is 0 Å². The second kappa shape index (κ2) is 5.74. The Hall–Kier alpha value is -0.700. The zero-order chi connectivity index (χ0) is 14.2. The predicted molar refractivity (Wildman–Crippen MR) is 74.4 cm³/mol. The van der Waals surface area contributed by atoms with Gasteiger partial charge < -0.3 is 15.5 Å². The summed E-state index contributed by atoms with van der Waals surface area (Å²) in [5.41, 5.74) is 0.0676. The largest absolute Gasteiger partial charge is 0.477 e. The molecule has 106 valence electrons. The van der Waals surface area contributed by atoms with E-state index in [0.29, 0.717) is 4.24 Å². The highest BCUT2D eigenvalue weighted by molar-refractivity contribution is 8.22. The molecule has 1 unspecified atom stereocenters. The number of β-lactam (4-membered cyclic amide) rings is 1. The van der Waals surface area contributed by atoms with E-state index in [4.69, 9.17) is 0 Å². The van der Waals surface area contributed by atoms with E-state index in [2.05, 4.69) is 5.32 Å². The van der Waals surface area contributed by atoms with Gasteiger partial charge in [-0.15, -0.1) is 11.8 Å². The molecule has 2 heterocycles. The van der Waals surface area contributed by atoms with Crippen molar-refractivity contribution in [1.82, 2.24) is 10.2 Å². The summed E-state index contributed by atoms with van der Waals surface area (Å²) in [6, 6.07) is 0. The number of rotatable bonds is 6. The van der Waals surface area contributed by atoms with Crippen LogP contribution in [0, 0.1) is 5.92 Å². The fourth-order valence-electron chi connectivity index (χ4n) is 2.10. The molecular formula is C11H16N2O4S2. The number of carbonyl (C=O) groups excluding carboxylic acids is 1. The predicted octanol–water partition coefficient (Wildman–Crippen LogP) is 0.105. The van der Waals surface area contributed by atoms with Gasteiger partial charge in [0.25, 0.3) is 0 Å². The zero-order valence-corrected chi connectivity index (χ0v) is 12.3. The van der Waals surface area contributed by atoms with Gasteiger partial charge >= 0.3 is 5.97 Å². The molecule has 0 spiro atoms. The molecule has 0 aliphatic carbocycles. The molecule has 0 aromatic rings. The van der Waals surface area contributed by atoms with Crippen LogP contribution in [0.1, 0.15) is 6.92 Å². The van der Waals surface area contributed by atoms with E-state index in [1.54, 1.807) is 6.92 Å². The van der Waals surface area contributed by atoms with Crippen molar-refractivity contribution in [1.29, 1.82) is 0 Å². The Labute approximate surface area is 119 Å². The first kappa shape index (κ1) is 14.7. The summed E-state index contributed by atoms with van der Waals surface area (Å²) in [6.07, 6.45) is -0.752. The first-order chi connectivity index (χ1) is 8.99. The molecule has 1 fully saturated rings. The van der Waals surface area contributed by atoms with Gasteiger partial charge in [0, 0.05) is 12.3 Å². The van der Waals surface area contributed by atoms with Crippen LogP contribution < -0.4 is 5.32 Å². The standard InChI is InChI=1S/C11H16N2O4S2/c1-5(14)6-8(15)13-7(10(16)17)11(19-9(6)13)18-4-3-12-2/h5-6,9,12,14H,3-4H2,1-2H3,(H,16,17)/t5?,6-,9-/m1/s1. The molecule has 1 saturated heterocycles. The van der Waals surface area contributed by atoms with Gasteiger partial charge in [0.15, 0.2) is 5.70 Å². The highest BCUT2D eigenvalue weighted by Gasteiger charge is 2.57. The van der Waals surface area contributed by atoms with E-state index in [1.165, 1.54) is 28.4 Å². The third-order valence-electron chi connectivity index (χ3n) is 3.05. The summed E-state index contributed by atoms with van der Waals surface area (Å²) in [6.45, 7) is 2.33. The van der Waals surface area contributed by atoms with Crippen molar-refractivity contribution in [3.8, 4) is 0 Å². The normalized spacial score (nSPS) is 27.3. The Morgan fingerprint density at radius 3 is 2.84 bits per heavy atom. The molecule has 3 atom stereocenters. The molecule has 3 N–H and O–H groups in total. The quantitative estimate of drug-likeness (QED) is 0.474. The van der Waals surface area contributed by atoms with Gasteiger partial charge in [-0.25, -0.2) is 4.79 Å². The van der Waals surface area contributed by atoms with Crippen LogP contribution in [0.15, 0.2) is 9.93 Å². The fourth-order valence-corrected chi connectivity index (χ4v) is 5.05. The Kier molecular flexibility index (Phi) is 4.44. The number of thioether (sulfide) groups is 2. The number of aliphatic hydroxyl groups is 1. The summed E-state index contributed by atoms with van der Waals surface area (Å²) < 4.78 is 0.657. The number of carbonyl (C=O) groups is 2. The smallest absolute Gasteiger partial charge is 0.354 e. The van der Waals surface area contributed by atoms with Gasteiger partial charge in [-0.1, -0.05) is 11.8 Å². The lowest BCUT2D eigenvalue weighted by Crippen LogP contribution is -2.60. The van der Waals surface area contributed by atoms with Gasteiger partial charge in [-0.05, 0) is 14.0 Å². The lowest BCUT2D eigenvalue weighted by molar-refractivity contribution is -0.156. The van der Waals surface area contributed by atoms with Gasteiger partial charge in [-0.2, -0.15) is 0 Å². The summed E-state index contributed by atoms with van der Waals surface area (Å²) in [5.74, 6) is -1.14. The second-order valence-corrected chi connectivity index (χ2v) is 6.87. The van der Waals surface area contributed by atoms with E-state index in [1.807, 2.05) is 7.05 Å². The Balaban J connectivity index is 2.14. The van der Waals surface area contributed by atoms with Crippen LogP contribution in [0.4, 0.5) is 0 Å². The number of hydrogen-bond donors (Lipinski definition) is 3. The highest BCUT2D eigenvalue weighted by Crippen LogP contribution is 2.53. The van der Waals surface area contributed by atoms with Crippen molar-refractivity contribution in [2.45, 2.75) is 18.4 Å². The minimum Gasteiger partial charge on any atom is -0.477 e. The van der Waals surface area contributed by atoms with Crippen LogP contribution in [0.2, 0.25) is 0 Å². The second-order valence-electron chi connectivity index (χ2n) is 4.38. The zero-order valence-electron chi connectivity index (χ0n) is 10.6. The van der Waals surface area contributed by atoms with Crippen LogP contribution in [0.3, 0.4) is 0 Å². The first-order valence-electron chi connectivity index (χ1n) is 5.91. The number of hydrogen-bond acceptors (Lipinski definition) is 6. The van der Waals surface area contributed by atoms with Gasteiger partial charge in [0.05, 0.1) is 16.3 Å². The molecule has 0 aromatic carbocycles. The minimum absolute atomic E-state index is 0.0676. The molecule has 0 radical (unpaired) electrons. The van der Waals surface area contributed by atoms with Crippen molar-refractivity contribution in [3.63, 3.8) is 0 Å². The van der Waals surface area contributed by atoms with Gasteiger partial charge in [0.1, 0.15) is 5.37 Å². The van der Waals surface area contributed by atoms with Crippen molar-refractivity contribution in [3.05, 3.63) is 9.93 Å². The molecule has 0 aromatic heterocycles. The number of nitrogens with zero attached hydrogens (tertiary/aromatic N) is 1. The fraction of sp³-hybridized carbons (Fsp3) is 0.636. The van der Waals surface area contributed by atoms with Crippen molar-refractivity contribution >= 4 is 35.4 Å². The van der Waals surface area contributed by atoms with Crippen LogP contribution in [0.5, 0.6) is 0 Å². The van der Waals surface area contributed by atoms with Crippen molar-refractivity contribution in [2.24, 2.45) is 5.92 Å². The molecule has 2 aliphatic rings. The van der Waals surface area contributed by atoms with Crippen molar-refractivity contribution < 1.29 is 19.8 Å². The first-order valence-corrected chi connectivity index (χ1v) is 7.78. The van der Waals surface area contributed by atoms with Gasteiger partial charge in [0.2, 0.25) is 5.91 Å². The van der Waals surface area contributed by atoms with E-state index in [0.717, 1.165) is 12.3 Å². The van der Waals surface area contributed by atoms with Crippen LogP contribution in [-0.2, 0) is 9.59 Å². The summed E-state index contributed by atoms with van der Waals surface area (Å²) in [7, 11) is 1.83. The maximum atomic E-state index is 11.9. The average Bonchev–Trinajstić information content (AvgIpc) is 2.64. The number of amides is 1. The molecular weight excluding hydrogens is 288 g/mol. The van der Waals surface area contributed by atoms with Crippen LogP contribution >= 0.6 is 23.5 Å². The monoisotopic (exact) mass is 304 g/mol. The molecule has 6 nitrogen and oxygen atoms in total. The number of aliphatic carboxylic acids is 1. The molecule has 19 heavy (non-hydrogen) atoms. The van der Waals surface area contributed by atoms with E-state index >= 15 is 0 Å². The van der Waals surface area contributed by atoms with Crippen LogP contribution in [-0.4, -0.2) is 57.8 Å². The number of nitrogens with one attached hydrogen (secondary N) is 1. The lowest BCUT2D eigenvalue weighted by Gasteiger charge is -2.43. The molecule has 8 heteroatoms. The number of carboxylic acid groups (broad SMARTS) is 1. The number of aliphatic hydroxyl groups excluding tert-OH is 1. The lowest BCUT2D eigenvalue weighted by atomic mass is 9.92. The summed E-state index contributed by atoms with van der Waals surface area (Å²) >= 11 is 2.80. The SMILES string of the molecule is CNCCSC1=C(C(=O)O)N2C(=O)[C@@H](C(C)O)[C@H]2S1. The third-order valence-corrected chi connectivity index (χ3v) is 5.71. The number of fused-ring (bicyclic) bond motifs is 1. The molecule has 2 rings (SSSR count). The summed E-state index contributed by atoms with van der Waals surface area (Å²) in [5, 5.41) is 21.5. The molecule has 0 bridgehead atoms. The Morgan fingerprint density at radius 1 is 1.63 bits per heavy atom. The molecule has 2 aliphatic heterocycles. The third kappa shape index (κ3) is 2.49. The van der Waals surface area contributed by atoms with E-state index < -0.39 is 18.0 Å². The molecule has 0 saturated carbocycles. The maximum absolute atomic E-state index is 11.9. The summed E-state index contributed by atoms with van der Waals surface area (Å²) in [4.78, 5) is 24.5. The molecule has 1 amide bonds. The van der Waals surface area contributed by atoms with E-state index in [-0.39, 0.29) is 17.0 Å². The average molecular weight is 304 g/mol. The van der Waals surface area contributed by atoms with Gasteiger partial charge in [-0.3, -0.25) is 9.69 Å². The van der Waals surface area contributed by atoms with Crippen molar-refractivity contribution in [2.75, 3.05) is 19.3 Å². The topological polar surface area (TPSA) is 89.9 Å². The maximum Gasteiger partial charge on any atom is 0.354 e. The minimum atomic E-state index is -1.08. The highest BCUT2D eigenvalue weighted by atomic mass is 32.2.